The lowest BCUT2D eigenvalue weighted by molar-refractivity contribution is -0.132. The van der Waals surface area contributed by atoms with E-state index in [9.17, 15) is 4.79 Å². The molecule has 1 N–H and O–H groups in total. The molecular weight excluding hydrogens is 362 g/mol. The lowest BCUT2D eigenvalue weighted by Crippen LogP contribution is -2.42. The number of halogens is 1. The summed E-state index contributed by atoms with van der Waals surface area (Å²) >= 11 is 5.94. The van der Waals surface area contributed by atoms with Gasteiger partial charge in [-0.05, 0) is 49.6 Å². The maximum Gasteiger partial charge on any atom is 0.237 e. The average molecular weight is 384 g/mol. The fourth-order valence-corrected chi connectivity index (χ4v) is 4.16. The second kappa shape index (κ2) is 7.71. The lowest BCUT2D eigenvalue weighted by atomic mass is 10.2. The van der Waals surface area contributed by atoms with Gasteiger partial charge in [0.25, 0.3) is 0 Å². The van der Waals surface area contributed by atoms with Crippen molar-refractivity contribution < 1.29 is 4.79 Å². The minimum Gasteiger partial charge on any atom is -0.381 e. The number of nitrogens with zero attached hydrogens (tertiary/aromatic N) is 4. The Morgan fingerprint density at radius 1 is 1.30 bits per heavy atom. The smallest absolute Gasteiger partial charge is 0.237 e. The summed E-state index contributed by atoms with van der Waals surface area (Å²) in [6.45, 7) is 2.82. The zero-order valence-electron chi connectivity index (χ0n) is 15.1. The molecule has 2 aliphatic rings. The molecule has 0 radical (unpaired) electrons. The number of likely N-dealkylation sites (tertiary alicyclic amines) is 2. The minimum absolute atomic E-state index is 0.0772. The first-order chi connectivity index (χ1) is 13.1. The summed E-state index contributed by atoms with van der Waals surface area (Å²) in [4.78, 5) is 20.7. The van der Waals surface area contributed by atoms with Gasteiger partial charge in [-0.3, -0.25) is 9.69 Å². The second-order valence-corrected chi connectivity index (χ2v) is 7.67. The summed E-state index contributed by atoms with van der Waals surface area (Å²) in [5.74, 6) is 0.0772. The number of aromatic nitrogens is 1. The third kappa shape index (κ3) is 4.00. The number of carbonyl (C=O) groups is 1. The quantitative estimate of drug-likeness (QED) is 0.822. The monoisotopic (exact) mass is 383 g/mol. The molecule has 1 aromatic carbocycles. The van der Waals surface area contributed by atoms with Crippen LogP contribution in [0.15, 0.2) is 30.3 Å². The number of hydrogen-bond acceptors (Lipinski definition) is 5. The zero-order valence-corrected chi connectivity index (χ0v) is 15.8. The van der Waals surface area contributed by atoms with Crippen molar-refractivity contribution in [1.82, 2.24) is 14.8 Å². The molecule has 2 saturated heterocycles. The number of nitrogens with one attached hydrogen (secondary N) is 1. The van der Waals surface area contributed by atoms with E-state index in [1.165, 1.54) is 0 Å². The Labute approximate surface area is 163 Å². The van der Waals surface area contributed by atoms with Crippen LogP contribution < -0.4 is 5.32 Å². The Hall–Kier alpha value is -2.36. The molecule has 6 nitrogen and oxygen atoms in total. The van der Waals surface area contributed by atoms with Crippen LogP contribution in [0.25, 0.3) is 10.9 Å². The van der Waals surface area contributed by atoms with Crippen LogP contribution in [0, 0.1) is 11.3 Å². The highest BCUT2D eigenvalue weighted by Gasteiger charge is 2.31. The van der Waals surface area contributed by atoms with Crippen LogP contribution in [0.2, 0.25) is 5.15 Å². The number of pyridine rings is 1. The Bertz CT molecular complexity index is 896. The zero-order chi connectivity index (χ0) is 18.8. The van der Waals surface area contributed by atoms with Crippen molar-refractivity contribution >= 4 is 34.1 Å². The van der Waals surface area contributed by atoms with E-state index in [1.54, 1.807) is 11.0 Å². The molecule has 0 bridgehead atoms. The highest BCUT2D eigenvalue weighted by atomic mass is 35.5. The highest BCUT2D eigenvalue weighted by Crippen LogP contribution is 2.23. The van der Waals surface area contributed by atoms with Gasteiger partial charge in [-0.2, -0.15) is 5.26 Å². The van der Waals surface area contributed by atoms with Gasteiger partial charge < -0.3 is 10.2 Å². The summed E-state index contributed by atoms with van der Waals surface area (Å²) in [6.07, 6.45) is 2.72. The van der Waals surface area contributed by atoms with Crippen molar-refractivity contribution in [3.63, 3.8) is 0 Å². The number of benzene rings is 1. The Kier molecular flexibility index (Phi) is 5.15. The Balaban J connectivity index is 1.34. The Morgan fingerprint density at radius 3 is 3.04 bits per heavy atom. The maximum atomic E-state index is 12.5. The van der Waals surface area contributed by atoms with Crippen molar-refractivity contribution in [2.24, 2.45) is 0 Å². The standard InChI is InChI=1S/C20H22ClN5O/c21-19-6-3-14-10-15(4-5-18(14)24-19)23-16-7-9-25(12-16)13-20(27)26-8-1-2-17(26)11-22/h3-6,10,16-17,23H,1-2,7-9,12-13H2/t16-,17+/m1/s1. The van der Waals surface area contributed by atoms with Crippen LogP contribution in [0.5, 0.6) is 0 Å². The summed E-state index contributed by atoms with van der Waals surface area (Å²) in [5, 5.41) is 14.3. The third-order valence-corrected chi connectivity index (χ3v) is 5.59. The van der Waals surface area contributed by atoms with Gasteiger partial charge in [-0.25, -0.2) is 4.98 Å². The SMILES string of the molecule is N#C[C@@H]1CCCN1C(=O)CN1CC[C@@H](Nc2ccc3nc(Cl)ccc3c2)C1. The molecule has 140 valence electrons. The largest absolute Gasteiger partial charge is 0.381 e. The van der Waals surface area contributed by atoms with E-state index in [1.807, 2.05) is 18.2 Å². The topological polar surface area (TPSA) is 72.3 Å². The number of nitriles is 1. The van der Waals surface area contributed by atoms with Crippen LogP contribution in [-0.4, -0.2) is 59.0 Å². The van der Waals surface area contributed by atoms with Crippen LogP contribution >= 0.6 is 11.6 Å². The van der Waals surface area contributed by atoms with Gasteiger partial charge >= 0.3 is 0 Å². The summed E-state index contributed by atoms with van der Waals surface area (Å²) in [7, 11) is 0. The van der Waals surface area contributed by atoms with Gasteiger partial charge in [-0.1, -0.05) is 11.6 Å². The van der Waals surface area contributed by atoms with Crippen molar-refractivity contribution in [2.45, 2.75) is 31.3 Å². The molecule has 4 rings (SSSR count). The van der Waals surface area contributed by atoms with E-state index in [-0.39, 0.29) is 11.9 Å². The molecule has 0 saturated carbocycles. The first kappa shape index (κ1) is 18.0. The summed E-state index contributed by atoms with van der Waals surface area (Å²) < 4.78 is 0. The number of hydrogen-bond donors (Lipinski definition) is 1. The van der Waals surface area contributed by atoms with Crippen LogP contribution in [0.3, 0.4) is 0 Å². The van der Waals surface area contributed by atoms with Crippen LogP contribution in [0.4, 0.5) is 5.69 Å². The molecule has 2 fully saturated rings. The van der Waals surface area contributed by atoms with E-state index < -0.39 is 0 Å². The number of fused-ring (bicyclic) bond motifs is 1. The number of rotatable bonds is 4. The minimum atomic E-state index is -0.242. The van der Waals surface area contributed by atoms with E-state index in [0.29, 0.717) is 24.3 Å². The van der Waals surface area contributed by atoms with Crippen LogP contribution in [0.1, 0.15) is 19.3 Å². The molecule has 0 aliphatic carbocycles. The molecule has 27 heavy (non-hydrogen) atoms. The first-order valence-corrected chi connectivity index (χ1v) is 9.74. The van der Waals surface area contributed by atoms with Gasteiger partial charge in [0.2, 0.25) is 5.91 Å². The first-order valence-electron chi connectivity index (χ1n) is 9.37. The lowest BCUT2D eigenvalue weighted by Gasteiger charge is -2.23. The van der Waals surface area contributed by atoms with E-state index in [2.05, 4.69) is 27.3 Å². The highest BCUT2D eigenvalue weighted by molar-refractivity contribution is 6.29. The molecule has 1 amide bonds. The van der Waals surface area contributed by atoms with Gasteiger partial charge in [0.05, 0.1) is 18.1 Å². The number of amides is 1. The predicted octanol–water partition coefficient (Wildman–Crippen LogP) is 2.89. The molecule has 0 spiro atoms. The van der Waals surface area contributed by atoms with Gasteiger partial charge in [-0.15, -0.1) is 0 Å². The van der Waals surface area contributed by atoms with Crippen molar-refractivity contribution in [3.8, 4) is 6.07 Å². The molecule has 1 aromatic heterocycles. The predicted molar refractivity (Wildman–Crippen MR) is 106 cm³/mol. The van der Waals surface area contributed by atoms with Crippen molar-refractivity contribution in [2.75, 3.05) is 31.5 Å². The van der Waals surface area contributed by atoms with Crippen LogP contribution in [-0.2, 0) is 4.79 Å². The number of anilines is 1. The van der Waals surface area contributed by atoms with Gasteiger partial charge in [0.15, 0.2) is 0 Å². The molecule has 7 heteroatoms. The molecule has 2 aliphatic heterocycles. The third-order valence-electron chi connectivity index (χ3n) is 5.38. The van der Waals surface area contributed by atoms with Crippen molar-refractivity contribution in [1.29, 1.82) is 5.26 Å². The normalized spacial score (nSPS) is 22.9. The molecular formula is C20H22ClN5O. The molecule has 2 atom stereocenters. The van der Waals surface area contributed by atoms with E-state index in [0.717, 1.165) is 48.9 Å². The number of carbonyl (C=O) groups excluding carboxylic acids is 1. The summed E-state index contributed by atoms with van der Waals surface area (Å²) in [6, 6.07) is 12.1. The maximum absolute atomic E-state index is 12.5. The average Bonchev–Trinajstić information content (AvgIpc) is 3.31. The van der Waals surface area contributed by atoms with Gasteiger partial charge in [0.1, 0.15) is 11.2 Å². The van der Waals surface area contributed by atoms with Gasteiger partial charge in [0, 0.05) is 36.7 Å². The fourth-order valence-electron chi connectivity index (χ4n) is 4.00. The molecule has 0 unspecified atom stereocenters. The fraction of sp³-hybridized carbons (Fsp3) is 0.450. The van der Waals surface area contributed by atoms with Crippen molar-refractivity contribution in [3.05, 3.63) is 35.5 Å². The second-order valence-electron chi connectivity index (χ2n) is 7.28. The Morgan fingerprint density at radius 2 is 2.19 bits per heavy atom. The summed E-state index contributed by atoms with van der Waals surface area (Å²) in [5.41, 5.74) is 1.93. The molecule has 3 heterocycles. The van der Waals surface area contributed by atoms with E-state index in [4.69, 9.17) is 16.9 Å². The molecule has 2 aromatic rings. The van der Waals surface area contributed by atoms with E-state index >= 15 is 0 Å².